The van der Waals surface area contributed by atoms with Crippen LogP contribution in [0.5, 0.6) is 0 Å². The van der Waals surface area contributed by atoms with Gasteiger partial charge in [-0.15, -0.1) is 0 Å². The summed E-state index contributed by atoms with van der Waals surface area (Å²) < 4.78 is 13.2. The van der Waals surface area contributed by atoms with Gasteiger partial charge in [0.1, 0.15) is 6.10 Å². The van der Waals surface area contributed by atoms with E-state index in [0.29, 0.717) is 12.6 Å². The number of hydrogen-bond donors (Lipinski definition) is 1. The molecule has 0 saturated carbocycles. The Morgan fingerprint density at radius 1 is 1.29 bits per heavy atom. The lowest BCUT2D eigenvalue weighted by Gasteiger charge is -2.32. The number of rotatable bonds is 7. The molecule has 2 heterocycles. The molecule has 0 amide bonds. The lowest BCUT2D eigenvalue weighted by molar-refractivity contribution is -0.0112. The van der Waals surface area contributed by atoms with Gasteiger partial charge in [0.15, 0.2) is 0 Å². The van der Waals surface area contributed by atoms with Crippen molar-refractivity contribution in [3.8, 4) is 0 Å². The molecule has 1 saturated heterocycles. The van der Waals surface area contributed by atoms with Gasteiger partial charge in [-0.1, -0.05) is 24.3 Å². The molecule has 0 bridgehead atoms. The summed E-state index contributed by atoms with van der Waals surface area (Å²) in [5, 5.41) is 8.06. The van der Waals surface area contributed by atoms with Crippen LogP contribution in [-0.2, 0) is 29.2 Å². The normalized spacial score (nSPS) is 21.1. The SMILES string of the molecule is CCn1cc([C@@H]2OCCC[C@H]2NCc2ccc(COC)cc2)cn1. The van der Waals surface area contributed by atoms with Gasteiger partial charge in [0, 0.05) is 44.6 Å². The maximum absolute atomic E-state index is 6.04. The summed E-state index contributed by atoms with van der Waals surface area (Å²) in [4.78, 5) is 0. The average Bonchev–Trinajstić information content (AvgIpc) is 3.11. The van der Waals surface area contributed by atoms with E-state index in [9.17, 15) is 0 Å². The molecule has 2 atom stereocenters. The molecule has 5 nitrogen and oxygen atoms in total. The summed E-state index contributed by atoms with van der Waals surface area (Å²) >= 11 is 0. The van der Waals surface area contributed by atoms with Crippen LogP contribution in [0, 0.1) is 0 Å². The molecule has 1 N–H and O–H groups in total. The fourth-order valence-corrected chi connectivity index (χ4v) is 3.19. The quantitative estimate of drug-likeness (QED) is 0.848. The molecule has 1 aliphatic heterocycles. The Kier molecular flexibility index (Phi) is 6.01. The molecule has 3 rings (SSSR count). The Morgan fingerprint density at radius 3 is 2.79 bits per heavy atom. The third kappa shape index (κ3) is 4.23. The Labute approximate surface area is 144 Å². The topological polar surface area (TPSA) is 48.3 Å². The maximum atomic E-state index is 6.04. The van der Waals surface area contributed by atoms with Gasteiger partial charge in [0.2, 0.25) is 0 Å². The standard InChI is InChI=1S/C19H27N3O2/c1-3-22-13-17(12-21-22)19-18(5-4-10-24-19)20-11-15-6-8-16(9-7-15)14-23-2/h6-9,12-13,18-20H,3-5,10-11,14H2,1-2H3/t18-,19+/m1/s1. The summed E-state index contributed by atoms with van der Waals surface area (Å²) in [7, 11) is 1.72. The lowest BCUT2D eigenvalue weighted by Crippen LogP contribution is -2.39. The van der Waals surface area contributed by atoms with E-state index in [1.54, 1.807) is 7.11 Å². The zero-order valence-corrected chi connectivity index (χ0v) is 14.6. The van der Waals surface area contributed by atoms with Crippen molar-refractivity contribution in [3.05, 3.63) is 53.3 Å². The second kappa shape index (κ2) is 8.42. The van der Waals surface area contributed by atoms with Crippen LogP contribution in [0.15, 0.2) is 36.7 Å². The maximum Gasteiger partial charge on any atom is 0.101 e. The van der Waals surface area contributed by atoms with Crippen LogP contribution in [0.4, 0.5) is 0 Å². The first-order valence-electron chi connectivity index (χ1n) is 8.74. The van der Waals surface area contributed by atoms with Crippen molar-refractivity contribution in [2.75, 3.05) is 13.7 Å². The minimum Gasteiger partial charge on any atom is -0.380 e. The second-order valence-corrected chi connectivity index (χ2v) is 6.30. The highest BCUT2D eigenvalue weighted by Crippen LogP contribution is 2.28. The van der Waals surface area contributed by atoms with Gasteiger partial charge < -0.3 is 14.8 Å². The molecule has 24 heavy (non-hydrogen) atoms. The number of benzene rings is 1. The van der Waals surface area contributed by atoms with E-state index in [2.05, 4.69) is 47.8 Å². The molecule has 1 aromatic heterocycles. The van der Waals surface area contributed by atoms with Gasteiger partial charge in [-0.05, 0) is 30.9 Å². The van der Waals surface area contributed by atoms with Crippen molar-refractivity contribution in [1.29, 1.82) is 0 Å². The highest BCUT2D eigenvalue weighted by Gasteiger charge is 2.28. The lowest BCUT2D eigenvalue weighted by atomic mass is 9.98. The zero-order chi connectivity index (χ0) is 16.8. The monoisotopic (exact) mass is 329 g/mol. The zero-order valence-electron chi connectivity index (χ0n) is 14.6. The first-order chi connectivity index (χ1) is 11.8. The first-order valence-corrected chi connectivity index (χ1v) is 8.74. The van der Waals surface area contributed by atoms with Crippen LogP contribution in [0.2, 0.25) is 0 Å². The highest BCUT2D eigenvalue weighted by molar-refractivity contribution is 5.22. The van der Waals surface area contributed by atoms with Crippen molar-refractivity contribution in [2.45, 2.75) is 51.6 Å². The summed E-state index contributed by atoms with van der Waals surface area (Å²) in [5.41, 5.74) is 3.65. The Hall–Kier alpha value is -1.69. The highest BCUT2D eigenvalue weighted by atomic mass is 16.5. The van der Waals surface area contributed by atoms with Crippen LogP contribution < -0.4 is 5.32 Å². The van der Waals surface area contributed by atoms with E-state index >= 15 is 0 Å². The molecule has 0 radical (unpaired) electrons. The molecule has 130 valence electrons. The molecule has 0 aliphatic carbocycles. The second-order valence-electron chi connectivity index (χ2n) is 6.30. The third-order valence-corrected chi connectivity index (χ3v) is 4.53. The van der Waals surface area contributed by atoms with Crippen molar-refractivity contribution in [2.24, 2.45) is 0 Å². The van der Waals surface area contributed by atoms with E-state index in [4.69, 9.17) is 9.47 Å². The summed E-state index contributed by atoms with van der Waals surface area (Å²) in [6.45, 7) is 5.32. The number of nitrogens with one attached hydrogen (secondary N) is 1. The molecule has 2 aromatic rings. The van der Waals surface area contributed by atoms with Crippen LogP contribution in [-0.4, -0.2) is 29.5 Å². The summed E-state index contributed by atoms with van der Waals surface area (Å²) in [6.07, 6.45) is 6.36. The van der Waals surface area contributed by atoms with Gasteiger partial charge in [-0.3, -0.25) is 4.68 Å². The van der Waals surface area contributed by atoms with Crippen LogP contribution in [0.1, 0.15) is 42.6 Å². The van der Waals surface area contributed by atoms with Gasteiger partial charge in [-0.25, -0.2) is 0 Å². The largest absolute Gasteiger partial charge is 0.380 e. The molecule has 0 spiro atoms. The summed E-state index contributed by atoms with van der Waals surface area (Å²) in [5.74, 6) is 0. The Balaban J connectivity index is 1.61. The van der Waals surface area contributed by atoms with E-state index in [1.807, 2.05) is 10.9 Å². The number of aromatic nitrogens is 2. The van der Waals surface area contributed by atoms with Crippen LogP contribution in [0.3, 0.4) is 0 Å². The fraction of sp³-hybridized carbons (Fsp3) is 0.526. The van der Waals surface area contributed by atoms with E-state index in [-0.39, 0.29) is 6.10 Å². The average molecular weight is 329 g/mol. The predicted molar refractivity (Wildman–Crippen MR) is 93.6 cm³/mol. The Morgan fingerprint density at radius 2 is 2.08 bits per heavy atom. The van der Waals surface area contributed by atoms with Crippen LogP contribution in [0.25, 0.3) is 0 Å². The van der Waals surface area contributed by atoms with Crippen molar-refractivity contribution >= 4 is 0 Å². The van der Waals surface area contributed by atoms with E-state index in [1.165, 1.54) is 16.7 Å². The molecule has 1 aromatic carbocycles. The summed E-state index contributed by atoms with van der Waals surface area (Å²) in [6, 6.07) is 8.90. The molecule has 1 fully saturated rings. The number of hydrogen-bond acceptors (Lipinski definition) is 4. The van der Waals surface area contributed by atoms with Gasteiger partial charge in [0.25, 0.3) is 0 Å². The number of ether oxygens (including phenoxy) is 2. The smallest absolute Gasteiger partial charge is 0.101 e. The fourth-order valence-electron chi connectivity index (χ4n) is 3.19. The number of nitrogens with zero attached hydrogens (tertiary/aromatic N) is 2. The van der Waals surface area contributed by atoms with Crippen molar-refractivity contribution < 1.29 is 9.47 Å². The predicted octanol–water partition coefficient (Wildman–Crippen LogP) is 3.06. The molecular weight excluding hydrogens is 302 g/mol. The van der Waals surface area contributed by atoms with Crippen molar-refractivity contribution in [3.63, 3.8) is 0 Å². The minimum absolute atomic E-state index is 0.0896. The third-order valence-electron chi connectivity index (χ3n) is 4.53. The Bertz CT molecular complexity index is 624. The van der Waals surface area contributed by atoms with E-state index < -0.39 is 0 Å². The van der Waals surface area contributed by atoms with Crippen LogP contribution >= 0.6 is 0 Å². The van der Waals surface area contributed by atoms with Crippen molar-refractivity contribution in [1.82, 2.24) is 15.1 Å². The van der Waals surface area contributed by atoms with Gasteiger partial charge in [0.05, 0.1) is 12.8 Å². The molecule has 1 aliphatic rings. The molecule has 5 heteroatoms. The van der Waals surface area contributed by atoms with E-state index in [0.717, 1.165) is 32.5 Å². The van der Waals surface area contributed by atoms with Gasteiger partial charge >= 0.3 is 0 Å². The minimum atomic E-state index is 0.0896. The number of aryl methyl sites for hydroxylation is 1. The molecular formula is C19H27N3O2. The van der Waals surface area contributed by atoms with Gasteiger partial charge in [-0.2, -0.15) is 5.10 Å². The number of methoxy groups -OCH3 is 1. The molecule has 0 unspecified atom stereocenters. The first kappa shape index (κ1) is 17.1.